The number of carbonyl (C=O) groups excluding carboxylic acids is 1. The van der Waals surface area contributed by atoms with Gasteiger partial charge in [0, 0.05) is 17.3 Å². The van der Waals surface area contributed by atoms with Gasteiger partial charge in [0.25, 0.3) is 0 Å². The van der Waals surface area contributed by atoms with Gasteiger partial charge in [-0.05, 0) is 37.1 Å². The second kappa shape index (κ2) is 4.05. The van der Waals surface area contributed by atoms with Crippen molar-refractivity contribution >= 4 is 28.5 Å². The molecular weight excluding hydrogens is 244 g/mol. The highest BCUT2D eigenvalue weighted by atomic mass is 16.4. The molecule has 96 valence electrons. The lowest BCUT2D eigenvalue weighted by Crippen LogP contribution is -2.31. The molecule has 0 atom stereocenters. The minimum absolute atomic E-state index is 0.406. The van der Waals surface area contributed by atoms with Crippen molar-refractivity contribution in [3.05, 3.63) is 36.5 Å². The number of pyridine rings is 1. The minimum atomic E-state index is -1.22. The fraction of sp³-hybridized carbons (Fsp3) is 0.214. The maximum Gasteiger partial charge on any atom is 0.319 e. The highest BCUT2D eigenvalue weighted by Gasteiger charge is 2.57. The van der Waals surface area contributed by atoms with Crippen LogP contribution in [0.25, 0.3) is 10.9 Å². The van der Waals surface area contributed by atoms with E-state index in [0.717, 1.165) is 10.9 Å². The van der Waals surface area contributed by atoms with Crippen molar-refractivity contribution in [2.75, 3.05) is 5.32 Å². The fourth-order valence-corrected chi connectivity index (χ4v) is 2.07. The van der Waals surface area contributed by atoms with E-state index in [1.54, 1.807) is 24.4 Å². The van der Waals surface area contributed by atoms with Crippen LogP contribution in [0.4, 0.5) is 5.69 Å². The van der Waals surface area contributed by atoms with Gasteiger partial charge < -0.3 is 10.4 Å². The first kappa shape index (κ1) is 11.6. The topological polar surface area (TPSA) is 79.3 Å². The largest absolute Gasteiger partial charge is 0.480 e. The molecule has 3 rings (SSSR count). The molecule has 0 unspecified atom stereocenters. The van der Waals surface area contributed by atoms with E-state index in [4.69, 9.17) is 5.11 Å². The predicted molar refractivity (Wildman–Crippen MR) is 69.7 cm³/mol. The average Bonchev–Trinajstić information content (AvgIpc) is 3.20. The molecule has 1 aromatic carbocycles. The molecule has 19 heavy (non-hydrogen) atoms. The Bertz CT molecular complexity index is 677. The number of benzene rings is 1. The molecule has 2 N–H and O–H groups in total. The Balaban J connectivity index is 1.86. The molecule has 1 aromatic heterocycles. The van der Waals surface area contributed by atoms with Crippen LogP contribution in [-0.4, -0.2) is 22.0 Å². The molecule has 1 saturated carbocycles. The monoisotopic (exact) mass is 256 g/mol. The number of aromatic nitrogens is 1. The minimum Gasteiger partial charge on any atom is -0.480 e. The maximum absolute atomic E-state index is 12.0. The summed E-state index contributed by atoms with van der Waals surface area (Å²) in [7, 11) is 0. The third kappa shape index (κ3) is 1.93. The van der Waals surface area contributed by atoms with Gasteiger partial charge in [-0.2, -0.15) is 0 Å². The summed E-state index contributed by atoms with van der Waals surface area (Å²) in [6.07, 6.45) is 2.51. The van der Waals surface area contributed by atoms with Gasteiger partial charge in [-0.15, -0.1) is 0 Å². The van der Waals surface area contributed by atoms with E-state index in [1.165, 1.54) is 0 Å². The Morgan fingerprint density at radius 3 is 2.74 bits per heavy atom. The van der Waals surface area contributed by atoms with E-state index >= 15 is 0 Å². The summed E-state index contributed by atoms with van der Waals surface area (Å²) in [6, 6.07) is 9.02. The number of nitrogens with one attached hydrogen (secondary N) is 1. The number of amides is 1. The van der Waals surface area contributed by atoms with Crippen LogP contribution >= 0.6 is 0 Å². The lowest BCUT2D eigenvalue weighted by Gasteiger charge is -2.11. The number of hydrogen-bond donors (Lipinski definition) is 2. The lowest BCUT2D eigenvalue weighted by atomic mass is 10.1. The molecule has 0 aliphatic heterocycles. The summed E-state index contributed by atoms with van der Waals surface area (Å²) < 4.78 is 0. The molecule has 1 amide bonds. The highest BCUT2D eigenvalue weighted by molar-refractivity contribution is 6.11. The molecule has 1 aliphatic carbocycles. The van der Waals surface area contributed by atoms with E-state index in [9.17, 15) is 9.59 Å². The number of anilines is 1. The number of rotatable bonds is 3. The van der Waals surface area contributed by atoms with Gasteiger partial charge in [-0.25, -0.2) is 0 Å². The zero-order valence-corrected chi connectivity index (χ0v) is 10.1. The summed E-state index contributed by atoms with van der Waals surface area (Å²) in [4.78, 5) is 27.2. The molecule has 5 heteroatoms. The fourth-order valence-electron chi connectivity index (χ4n) is 2.07. The predicted octanol–water partition coefficient (Wildman–Crippen LogP) is 2.04. The average molecular weight is 256 g/mol. The molecular formula is C14H12N2O3. The van der Waals surface area contributed by atoms with Crippen molar-refractivity contribution in [1.82, 2.24) is 4.98 Å². The van der Waals surface area contributed by atoms with Crippen LogP contribution in [0.1, 0.15) is 12.8 Å². The Kier molecular flexibility index (Phi) is 2.48. The van der Waals surface area contributed by atoms with Crippen LogP contribution in [0.2, 0.25) is 0 Å². The van der Waals surface area contributed by atoms with Crippen LogP contribution in [0, 0.1) is 5.41 Å². The summed E-state index contributed by atoms with van der Waals surface area (Å²) in [5.74, 6) is -1.49. The third-order valence-electron chi connectivity index (χ3n) is 3.45. The summed E-state index contributed by atoms with van der Waals surface area (Å²) >= 11 is 0. The van der Waals surface area contributed by atoms with Crippen molar-refractivity contribution in [3.8, 4) is 0 Å². The van der Waals surface area contributed by atoms with Gasteiger partial charge in [0.05, 0.1) is 5.52 Å². The number of nitrogens with zero attached hydrogens (tertiary/aromatic N) is 1. The molecule has 2 aromatic rings. The van der Waals surface area contributed by atoms with Gasteiger partial charge in [0.2, 0.25) is 5.91 Å². The molecule has 0 spiro atoms. The molecule has 1 aliphatic rings. The highest BCUT2D eigenvalue weighted by Crippen LogP contribution is 2.46. The first-order valence-corrected chi connectivity index (χ1v) is 6.01. The third-order valence-corrected chi connectivity index (χ3v) is 3.45. The summed E-state index contributed by atoms with van der Waals surface area (Å²) in [5, 5.41) is 12.6. The zero-order valence-electron chi connectivity index (χ0n) is 10.1. The molecule has 1 heterocycles. The standard InChI is InChI=1S/C14H12N2O3/c17-12(14(5-6-14)13(18)19)16-10-3-4-11-9(8-10)2-1-7-15-11/h1-4,7-8H,5-6H2,(H,16,17)(H,18,19). The number of carboxylic acids is 1. The van der Waals surface area contributed by atoms with Gasteiger partial charge in [0.15, 0.2) is 0 Å². The van der Waals surface area contributed by atoms with Gasteiger partial charge in [0.1, 0.15) is 5.41 Å². The number of hydrogen-bond acceptors (Lipinski definition) is 3. The Morgan fingerprint density at radius 2 is 2.05 bits per heavy atom. The first-order valence-electron chi connectivity index (χ1n) is 6.01. The van der Waals surface area contributed by atoms with Crippen molar-refractivity contribution in [1.29, 1.82) is 0 Å². The summed E-state index contributed by atoms with van der Waals surface area (Å²) in [6.45, 7) is 0. The van der Waals surface area contributed by atoms with Crippen LogP contribution in [0.15, 0.2) is 36.5 Å². The Hall–Kier alpha value is -2.43. The quantitative estimate of drug-likeness (QED) is 0.823. The molecule has 1 fully saturated rings. The normalized spacial score (nSPS) is 16.0. The van der Waals surface area contributed by atoms with Crippen LogP contribution in [-0.2, 0) is 9.59 Å². The van der Waals surface area contributed by atoms with Crippen LogP contribution in [0.5, 0.6) is 0 Å². The smallest absolute Gasteiger partial charge is 0.319 e. The van der Waals surface area contributed by atoms with Crippen molar-refractivity contribution in [2.24, 2.45) is 5.41 Å². The number of fused-ring (bicyclic) bond motifs is 1. The number of carboxylic acid groups (broad SMARTS) is 1. The van der Waals surface area contributed by atoms with Crippen molar-refractivity contribution < 1.29 is 14.7 Å². The van der Waals surface area contributed by atoms with E-state index in [-0.39, 0.29) is 0 Å². The lowest BCUT2D eigenvalue weighted by molar-refractivity contribution is -0.147. The molecule has 0 radical (unpaired) electrons. The van der Waals surface area contributed by atoms with Gasteiger partial charge >= 0.3 is 5.97 Å². The maximum atomic E-state index is 12.0. The Morgan fingerprint density at radius 1 is 1.26 bits per heavy atom. The molecule has 5 nitrogen and oxygen atoms in total. The Labute approximate surface area is 109 Å². The van der Waals surface area contributed by atoms with Crippen molar-refractivity contribution in [2.45, 2.75) is 12.8 Å². The SMILES string of the molecule is O=C(O)C1(C(=O)Nc2ccc3ncccc3c2)CC1. The number of aliphatic carboxylic acids is 1. The summed E-state index contributed by atoms with van der Waals surface area (Å²) in [5.41, 5.74) is 0.210. The zero-order chi connectivity index (χ0) is 13.5. The van der Waals surface area contributed by atoms with E-state index in [0.29, 0.717) is 18.5 Å². The van der Waals surface area contributed by atoms with E-state index in [1.807, 2.05) is 12.1 Å². The molecule has 0 bridgehead atoms. The second-order valence-electron chi connectivity index (χ2n) is 4.75. The van der Waals surface area contributed by atoms with Crippen molar-refractivity contribution in [3.63, 3.8) is 0 Å². The van der Waals surface area contributed by atoms with Gasteiger partial charge in [-0.1, -0.05) is 6.07 Å². The molecule has 0 saturated heterocycles. The number of carbonyl (C=O) groups is 2. The van der Waals surface area contributed by atoms with E-state index in [2.05, 4.69) is 10.3 Å². The van der Waals surface area contributed by atoms with Crippen LogP contribution < -0.4 is 5.32 Å². The first-order chi connectivity index (χ1) is 9.12. The van der Waals surface area contributed by atoms with Crippen LogP contribution in [0.3, 0.4) is 0 Å². The second-order valence-corrected chi connectivity index (χ2v) is 4.75. The van der Waals surface area contributed by atoms with Gasteiger partial charge in [-0.3, -0.25) is 14.6 Å². The van der Waals surface area contributed by atoms with E-state index < -0.39 is 17.3 Å².